The molecule has 1 aromatic heterocycles. The Morgan fingerprint density at radius 2 is 1.79 bits per heavy atom. The van der Waals surface area contributed by atoms with Gasteiger partial charge in [-0.2, -0.15) is 0 Å². The minimum Gasteiger partial charge on any atom is -0.484 e. The number of imidazole rings is 1. The second kappa shape index (κ2) is 9.03. The van der Waals surface area contributed by atoms with Crippen LogP contribution in [0.1, 0.15) is 19.7 Å². The lowest BCUT2D eigenvalue weighted by Gasteiger charge is -2.10. The molecule has 1 heterocycles. The number of likely N-dealkylation sites (N-methyl/N-ethyl adjacent to an activating group) is 1. The normalized spacial score (nSPS) is 10.6. The van der Waals surface area contributed by atoms with Gasteiger partial charge in [-0.15, -0.1) is 0 Å². The highest BCUT2D eigenvalue weighted by atomic mass is 16.5. The Kier molecular flexibility index (Phi) is 6.26. The average Bonchev–Trinajstić information content (AvgIpc) is 3.05. The van der Waals surface area contributed by atoms with Crippen molar-refractivity contribution in [3.8, 4) is 5.75 Å². The molecule has 7 heteroatoms. The largest absolute Gasteiger partial charge is 0.484 e. The summed E-state index contributed by atoms with van der Waals surface area (Å²) in [6.45, 7) is 4.60. The highest BCUT2D eigenvalue weighted by molar-refractivity contribution is 5.91. The van der Waals surface area contributed by atoms with Crippen molar-refractivity contribution in [3.63, 3.8) is 0 Å². The van der Waals surface area contributed by atoms with Crippen LogP contribution in [0.15, 0.2) is 48.5 Å². The quantitative estimate of drug-likeness (QED) is 0.629. The lowest BCUT2D eigenvalue weighted by atomic mass is 10.3. The standard InChI is InChI=1S/C21H24N4O3/c1-3-19-24-17-7-5-6-8-18(17)25(19)13-20(26)23-15-9-11-16(12-10-15)28-14-21(27)22-4-2/h5-12H,3-4,13-14H2,1-2H3,(H,22,27)(H,23,26). The third-order valence-corrected chi connectivity index (χ3v) is 4.23. The van der Waals surface area contributed by atoms with Crippen molar-refractivity contribution in [3.05, 3.63) is 54.4 Å². The summed E-state index contributed by atoms with van der Waals surface area (Å²) < 4.78 is 7.35. The predicted octanol–water partition coefficient (Wildman–Crippen LogP) is 2.75. The van der Waals surface area contributed by atoms with Crippen molar-refractivity contribution < 1.29 is 14.3 Å². The minimum atomic E-state index is -0.167. The van der Waals surface area contributed by atoms with Gasteiger partial charge in [0.15, 0.2) is 6.61 Å². The molecule has 146 valence electrons. The van der Waals surface area contributed by atoms with E-state index in [4.69, 9.17) is 4.74 Å². The summed E-state index contributed by atoms with van der Waals surface area (Å²) in [5.74, 6) is 1.15. The van der Waals surface area contributed by atoms with Crippen molar-refractivity contribution in [1.82, 2.24) is 14.9 Å². The van der Waals surface area contributed by atoms with Crippen LogP contribution in [0.2, 0.25) is 0 Å². The fourth-order valence-electron chi connectivity index (χ4n) is 2.95. The Bertz CT molecular complexity index is 963. The number of hydrogen-bond donors (Lipinski definition) is 2. The number of carbonyl (C=O) groups is 2. The number of benzene rings is 2. The third-order valence-electron chi connectivity index (χ3n) is 4.23. The molecule has 0 aliphatic heterocycles. The number of para-hydroxylation sites is 2. The number of aryl methyl sites for hydroxylation is 1. The molecule has 0 radical (unpaired) electrons. The first kappa shape index (κ1) is 19.4. The van der Waals surface area contributed by atoms with Gasteiger partial charge < -0.3 is 19.9 Å². The molecule has 7 nitrogen and oxygen atoms in total. The maximum absolute atomic E-state index is 12.5. The summed E-state index contributed by atoms with van der Waals surface area (Å²) in [7, 11) is 0. The molecule has 2 N–H and O–H groups in total. The molecule has 0 saturated carbocycles. The van der Waals surface area contributed by atoms with E-state index in [1.54, 1.807) is 24.3 Å². The van der Waals surface area contributed by atoms with Crippen molar-refractivity contribution in [2.75, 3.05) is 18.5 Å². The first-order chi connectivity index (χ1) is 13.6. The number of rotatable bonds is 8. The first-order valence-corrected chi connectivity index (χ1v) is 9.34. The van der Waals surface area contributed by atoms with Gasteiger partial charge >= 0.3 is 0 Å². The van der Waals surface area contributed by atoms with E-state index in [0.29, 0.717) is 18.0 Å². The van der Waals surface area contributed by atoms with Gasteiger partial charge in [0.2, 0.25) is 5.91 Å². The molecule has 0 saturated heterocycles. The lowest BCUT2D eigenvalue weighted by molar-refractivity contribution is -0.123. The summed E-state index contributed by atoms with van der Waals surface area (Å²) in [4.78, 5) is 28.5. The van der Waals surface area contributed by atoms with Crippen LogP contribution >= 0.6 is 0 Å². The molecule has 2 amide bonds. The predicted molar refractivity (Wildman–Crippen MR) is 108 cm³/mol. The Balaban J connectivity index is 1.62. The average molecular weight is 380 g/mol. The van der Waals surface area contributed by atoms with Crippen LogP contribution in [0.4, 0.5) is 5.69 Å². The van der Waals surface area contributed by atoms with Gasteiger partial charge in [0, 0.05) is 18.7 Å². The van der Waals surface area contributed by atoms with Crippen molar-refractivity contribution in [2.24, 2.45) is 0 Å². The second-order valence-corrected chi connectivity index (χ2v) is 6.27. The number of amides is 2. The monoisotopic (exact) mass is 380 g/mol. The van der Waals surface area contributed by atoms with Gasteiger partial charge in [-0.25, -0.2) is 4.98 Å². The van der Waals surface area contributed by atoms with Crippen molar-refractivity contribution >= 4 is 28.5 Å². The summed E-state index contributed by atoms with van der Waals surface area (Å²) in [6.07, 6.45) is 0.750. The summed E-state index contributed by atoms with van der Waals surface area (Å²) in [5, 5.41) is 5.55. The van der Waals surface area contributed by atoms with Gasteiger partial charge in [-0.3, -0.25) is 9.59 Å². The molecule has 0 fully saturated rings. The van der Waals surface area contributed by atoms with Crippen LogP contribution in [-0.4, -0.2) is 34.5 Å². The molecular weight excluding hydrogens is 356 g/mol. The summed E-state index contributed by atoms with van der Waals surface area (Å²) >= 11 is 0. The van der Waals surface area contributed by atoms with Gasteiger partial charge in [-0.1, -0.05) is 19.1 Å². The van der Waals surface area contributed by atoms with Crippen molar-refractivity contribution in [1.29, 1.82) is 0 Å². The van der Waals surface area contributed by atoms with Gasteiger partial charge in [0.05, 0.1) is 11.0 Å². The van der Waals surface area contributed by atoms with E-state index >= 15 is 0 Å². The van der Waals surface area contributed by atoms with Crippen LogP contribution < -0.4 is 15.4 Å². The molecule has 0 unspecified atom stereocenters. The first-order valence-electron chi connectivity index (χ1n) is 9.34. The number of nitrogens with one attached hydrogen (secondary N) is 2. The van der Waals surface area contributed by atoms with E-state index in [-0.39, 0.29) is 25.0 Å². The topological polar surface area (TPSA) is 85.3 Å². The zero-order valence-electron chi connectivity index (χ0n) is 16.1. The maximum Gasteiger partial charge on any atom is 0.257 e. The van der Waals surface area contributed by atoms with Crippen LogP contribution in [-0.2, 0) is 22.6 Å². The third kappa shape index (κ3) is 4.68. The number of fused-ring (bicyclic) bond motifs is 1. The van der Waals surface area contributed by atoms with Crippen LogP contribution in [0.5, 0.6) is 5.75 Å². The Morgan fingerprint density at radius 3 is 2.50 bits per heavy atom. The Labute approximate surface area is 163 Å². The molecule has 0 aliphatic carbocycles. The molecule has 3 rings (SSSR count). The van der Waals surface area contributed by atoms with E-state index in [0.717, 1.165) is 23.3 Å². The van der Waals surface area contributed by atoms with E-state index in [9.17, 15) is 9.59 Å². The highest BCUT2D eigenvalue weighted by Crippen LogP contribution is 2.18. The minimum absolute atomic E-state index is 0.0347. The Morgan fingerprint density at radius 1 is 1.04 bits per heavy atom. The smallest absolute Gasteiger partial charge is 0.257 e. The lowest BCUT2D eigenvalue weighted by Crippen LogP contribution is -2.28. The van der Waals surface area contributed by atoms with Crippen molar-refractivity contribution in [2.45, 2.75) is 26.8 Å². The van der Waals surface area contributed by atoms with E-state index in [1.807, 2.05) is 42.7 Å². The molecule has 0 atom stereocenters. The summed E-state index contributed by atoms with van der Waals surface area (Å²) in [5.41, 5.74) is 2.50. The molecule has 0 aliphatic rings. The number of aromatic nitrogens is 2. The molecule has 0 spiro atoms. The Hall–Kier alpha value is -3.35. The zero-order chi connectivity index (χ0) is 19.9. The number of nitrogens with zero attached hydrogens (tertiary/aromatic N) is 2. The molecule has 0 bridgehead atoms. The molecular formula is C21H24N4O3. The van der Waals surface area contributed by atoms with Crippen LogP contribution in [0.3, 0.4) is 0 Å². The van der Waals surface area contributed by atoms with Gasteiger partial charge in [0.25, 0.3) is 5.91 Å². The maximum atomic E-state index is 12.5. The van der Waals surface area contributed by atoms with Gasteiger partial charge in [-0.05, 0) is 43.3 Å². The number of anilines is 1. The molecule has 2 aromatic carbocycles. The summed E-state index contributed by atoms with van der Waals surface area (Å²) in [6, 6.07) is 14.7. The fraction of sp³-hybridized carbons (Fsp3) is 0.286. The molecule has 3 aromatic rings. The van der Waals surface area contributed by atoms with E-state index in [1.165, 1.54) is 0 Å². The SMILES string of the molecule is CCNC(=O)COc1ccc(NC(=O)Cn2c(CC)nc3ccccc32)cc1. The van der Waals surface area contributed by atoms with E-state index < -0.39 is 0 Å². The second-order valence-electron chi connectivity index (χ2n) is 6.27. The highest BCUT2D eigenvalue weighted by Gasteiger charge is 2.12. The van der Waals surface area contributed by atoms with Crippen LogP contribution in [0.25, 0.3) is 11.0 Å². The molecule has 28 heavy (non-hydrogen) atoms. The number of hydrogen-bond acceptors (Lipinski definition) is 4. The number of ether oxygens (including phenoxy) is 1. The van der Waals surface area contributed by atoms with E-state index in [2.05, 4.69) is 15.6 Å². The zero-order valence-corrected chi connectivity index (χ0v) is 16.1. The van der Waals surface area contributed by atoms with Crippen LogP contribution in [0, 0.1) is 0 Å². The fourth-order valence-corrected chi connectivity index (χ4v) is 2.95. The number of carbonyl (C=O) groups excluding carboxylic acids is 2. The van der Waals surface area contributed by atoms with Gasteiger partial charge in [0.1, 0.15) is 18.1 Å².